The number of carbonyl (C=O) groups excluding carboxylic acids is 1. The lowest BCUT2D eigenvalue weighted by Gasteiger charge is -2.10. The van der Waals surface area contributed by atoms with Gasteiger partial charge in [0.05, 0.1) is 18.4 Å². The molecule has 0 aliphatic carbocycles. The van der Waals surface area contributed by atoms with Crippen molar-refractivity contribution in [2.75, 3.05) is 5.88 Å². The number of ether oxygens (including phenoxy) is 1. The Morgan fingerprint density at radius 1 is 1.75 bits per heavy atom. The Bertz CT molecular complexity index is 176. The van der Waals surface area contributed by atoms with Gasteiger partial charge in [-0.15, -0.1) is 11.6 Å². The van der Waals surface area contributed by atoms with Gasteiger partial charge in [0.15, 0.2) is 0 Å². The summed E-state index contributed by atoms with van der Waals surface area (Å²) >= 11 is 5.46. The van der Waals surface area contributed by atoms with Gasteiger partial charge in [-0.3, -0.25) is 4.79 Å². The molecule has 0 aliphatic rings. The molecule has 0 fully saturated rings. The first-order valence-corrected chi connectivity index (χ1v) is 4.40. The summed E-state index contributed by atoms with van der Waals surface area (Å²) < 4.78 is 4.89. The fourth-order valence-electron chi connectivity index (χ4n) is 0.678. The highest BCUT2D eigenvalue weighted by atomic mass is 35.5. The Labute approximate surface area is 77.3 Å². The minimum atomic E-state index is -0.448. The third kappa shape index (κ3) is 4.97. The van der Waals surface area contributed by atoms with Crippen LogP contribution in [0.3, 0.4) is 0 Å². The van der Waals surface area contributed by atoms with Crippen molar-refractivity contribution in [1.29, 1.82) is 5.26 Å². The van der Waals surface area contributed by atoms with Gasteiger partial charge in [0.2, 0.25) is 0 Å². The Morgan fingerprint density at radius 3 is 2.83 bits per heavy atom. The quantitative estimate of drug-likeness (QED) is 0.490. The van der Waals surface area contributed by atoms with E-state index in [4.69, 9.17) is 21.6 Å². The van der Waals surface area contributed by atoms with E-state index in [2.05, 4.69) is 0 Å². The van der Waals surface area contributed by atoms with Crippen LogP contribution in [0.1, 0.15) is 26.2 Å². The second kappa shape index (κ2) is 6.93. The van der Waals surface area contributed by atoms with Gasteiger partial charge < -0.3 is 4.74 Å². The Kier molecular flexibility index (Phi) is 6.50. The van der Waals surface area contributed by atoms with Gasteiger partial charge in [-0.05, 0) is 6.42 Å². The van der Waals surface area contributed by atoms with Crippen molar-refractivity contribution in [2.24, 2.45) is 0 Å². The second-order valence-electron chi connectivity index (χ2n) is 2.38. The van der Waals surface area contributed by atoms with E-state index in [9.17, 15) is 4.79 Å². The maximum Gasteiger partial charge on any atom is 0.306 e. The first kappa shape index (κ1) is 11.2. The Balaban J connectivity index is 3.70. The summed E-state index contributed by atoms with van der Waals surface area (Å²) in [5, 5.41) is 8.31. The first-order valence-electron chi connectivity index (χ1n) is 3.87. The van der Waals surface area contributed by atoms with Crippen molar-refractivity contribution >= 4 is 17.6 Å². The standard InChI is InChI=1S/C8H12ClNO2/c1-2-3-8(11)12-7(6-9)4-5-10/h7H,2-4,6H2,1H3/t7-/m1/s1. The molecule has 0 bridgehead atoms. The zero-order chi connectivity index (χ0) is 9.40. The van der Waals surface area contributed by atoms with Crippen molar-refractivity contribution in [3.8, 4) is 6.07 Å². The minimum absolute atomic E-state index is 0.166. The van der Waals surface area contributed by atoms with Crippen LogP contribution >= 0.6 is 11.6 Å². The molecule has 0 saturated heterocycles. The van der Waals surface area contributed by atoms with Gasteiger partial charge >= 0.3 is 5.97 Å². The van der Waals surface area contributed by atoms with E-state index in [1.54, 1.807) is 0 Å². The third-order valence-electron chi connectivity index (χ3n) is 1.24. The second-order valence-corrected chi connectivity index (χ2v) is 2.69. The van der Waals surface area contributed by atoms with E-state index in [-0.39, 0.29) is 18.3 Å². The average Bonchev–Trinajstić information content (AvgIpc) is 2.04. The minimum Gasteiger partial charge on any atom is -0.460 e. The molecule has 12 heavy (non-hydrogen) atoms. The molecule has 0 N–H and O–H groups in total. The van der Waals surface area contributed by atoms with Crippen LogP contribution in [0.2, 0.25) is 0 Å². The molecule has 68 valence electrons. The van der Waals surface area contributed by atoms with Crippen LogP contribution in [0.4, 0.5) is 0 Å². The molecule has 0 amide bonds. The van der Waals surface area contributed by atoms with Crippen molar-refractivity contribution in [1.82, 2.24) is 0 Å². The fraction of sp³-hybridized carbons (Fsp3) is 0.750. The van der Waals surface area contributed by atoms with E-state index < -0.39 is 6.10 Å². The smallest absolute Gasteiger partial charge is 0.306 e. The van der Waals surface area contributed by atoms with Crippen LogP contribution < -0.4 is 0 Å². The van der Waals surface area contributed by atoms with Crippen molar-refractivity contribution in [3.63, 3.8) is 0 Å². The van der Waals surface area contributed by atoms with Gasteiger partial charge in [-0.1, -0.05) is 6.92 Å². The topological polar surface area (TPSA) is 50.1 Å². The molecule has 0 radical (unpaired) electrons. The van der Waals surface area contributed by atoms with E-state index in [1.807, 2.05) is 13.0 Å². The normalized spacial score (nSPS) is 11.8. The number of rotatable bonds is 5. The number of esters is 1. The Morgan fingerprint density at radius 2 is 2.42 bits per heavy atom. The van der Waals surface area contributed by atoms with E-state index in [1.165, 1.54) is 0 Å². The van der Waals surface area contributed by atoms with Crippen LogP contribution in [0.25, 0.3) is 0 Å². The summed E-state index contributed by atoms with van der Waals surface area (Å²) in [6, 6.07) is 1.90. The van der Waals surface area contributed by atoms with Gasteiger partial charge in [-0.25, -0.2) is 0 Å². The summed E-state index contributed by atoms with van der Waals surface area (Å²) in [7, 11) is 0. The van der Waals surface area contributed by atoms with Gasteiger partial charge in [-0.2, -0.15) is 5.26 Å². The predicted octanol–water partition coefficient (Wildman–Crippen LogP) is 1.85. The van der Waals surface area contributed by atoms with E-state index >= 15 is 0 Å². The number of nitrogens with zero attached hydrogens (tertiary/aromatic N) is 1. The zero-order valence-corrected chi connectivity index (χ0v) is 7.80. The largest absolute Gasteiger partial charge is 0.460 e. The van der Waals surface area contributed by atoms with Crippen molar-refractivity contribution < 1.29 is 9.53 Å². The molecule has 0 aromatic heterocycles. The molecule has 0 unspecified atom stereocenters. The number of hydrogen-bond acceptors (Lipinski definition) is 3. The molecule has 0 aromatic carbocycles. The zero-order valence-electron chi connectivity index (χ0n) is 7.05. The van der Waals surface area contributed by atoms with Gasteiger partial charge in [0.1, 0.15) is 6.10 Å². The summed E-state index contributed by atoms with van der Waals surface area (Å²) in [6.07, 6.45) is 0.855. The highest BCUT2D eigenvalue weighted by Gasteiger charge is 2.11. The summed E-state index contributed by atoms with van der Waals surface area (Å²) in [5.41, 5.74) is 0. The first-order chi connectivity index (χ1) is 5.74. The summed E-state index contributed by atoms with van der Waals surface area (Å²) in [5.74, 6) is -0.0957. The number of halogens is 1. The third-order valence-corrected chi connectivity index (χ3v) is 1.59. The monoisotopic (exact) mass is 189 g/mol. The maximum atomic E-state index is 10.9. The van der Waals surface area contributed by atoms with Crippen LogP contribution in [0.15, 0.2) is 0 Å². The molecule has 4 heteroatoms. The van der Waals surface area contributed by atoms with Gasteiger partial charge in [0, 0.05) is 6.42 Å². The van der Waals surface area contributed by atoms with E-state index in [0.29, 0.717) is 6.42 Å². The van der Waals surface area contributed by atoms with Crippen molar-refractivity contribution in [3.05, 3.63) is 0 Å². The number of carbonyl (C=O) groups is 1. The summed E-state index contributed by atoms with van der Waals surface area (Å²) in [4.78, 5) is 10.9. The van der Waals surface area contributed by atoms with Crippen molar-refractivity contribution in [2.45, 2.75) is 32.3 Å². The molecule has 1 atom stereocenters. The molecule has 0 aliphatic heterocycles. The fourth-order valence-corrected chi connectivity index (χ4v) is 0.851. The van der Waals surface area contributed by atoms with Gasteiger partial charge in [0.25, 0.3) is 0 Å². The Hall–Kier alpha value is -0.750. The molecule has 3 nitrogen and oxygen atoms in total. The molecule has 0 spiro atoms. The summed E-state index contributed by atoms with van der Waals surface area (Å²) in [6.45, 7) is 1.89. The molecular weight excluding hydrogens is 178 g/mol. The van der Waals surface area contributed by atoms with Crippen LogP contribution in [-0.2, 0) is 9.53 Å². The number of nitriles is 1. The molecule has 0 rings (SSSR count). The number of alkyl halides is 1. The van der Waals surface area contributed by atoms with E-state index in [0.717, 1.165) is 6.42 Å². The molecule has 0 heterocycles. The predicted molar refractivity (Wildman–Crippen MR) is 45.7 cm³/mol. The average molecular weight is 190 g/mol. The highest BCUT2D eigenvalue weighted by molar-refractivity contribution is 6.18. The lowest BCUT2D eigenvalue weighted by molar-refractivity contribution is -0.147. The SMILES string of the molecule is CCCC(=O)O[C@@H](CCl)CC#N. The van der Waals surface area contributed by atoms with Crippen LogP contribution in [0.5, 0.6) is 0 Å². The van der Waals surface area contributed by atoms with Crippen LogP contribution in [-0.4, -0.2) is 18.0 Å². The lowest BCUT2D eigenvalue weighted by Crippen LogP contribution is -2.18. The van der Waals surface area contributed by atoms with Crippen LogP contribution in [0, 0.1) is 11.3 Å². The highest BCUT2D eigenvalue weighted by Crippen LogP contribution is 2.03. The molecule has 0 aromatic rings. The number of hydrogen-bond donors (Lipinski definition) is 0. The maximum absolute atomic E-state index is 10.9. The lowest BCUT2D eigenvalue weighted by atomic mass is 10.3. The molecule has 0 saturated carbocycles. The molecular formula is C8H12ClNO2.